The van der Waals surface area contributed by atoms with E-state index in [0.717, 1.165) is 0 Å². The number of amides is 1. The smallest absolute Gasteiger partial charge is 0.337 e. The minimum atomic E-state index is -1.00. The molecule has 1 saturated heterocycles. The molecule has 18 heavy (non-hydrogen) atoms. The van der Waals surface area contributed by atoms with E-state index in [2.05, 4.69) is 10.6 Å². The highest BCUT2D eigenvalue weighted by Gasteiger charge is 2.19. The molecule has 2 rings (SSSR count). The Labute approximate surface area is 104 Å². The van der Waals surface area contributed by atoms with Crippen LogP contribution in [0.5, 0.6) is 0 Å². The summed E-state index contributed by atoms with van der Waals surface area (Å²) in [6.07, 6.45) is 1.13. The maximum Gasteiger partial charge on any atom is 0.337 e. The number of carbonyl (C=O) groups is 2. The van der Waals surface area contributed by atoms with Crippen LogP contribution in [0.3, 0.4) is 0 Å². The number of benzene rings is 1. The molecule has 1 aromatic rings. The molecule has 5 N–H and O–H groups in total. The Hall–Kier alpha value is -2.24. The highest BCUT2D eigenvalue weighted by Crippen LogP contribution is 2.21. The molecule has 1 amide bonds. The van der Waals surface area contributed by atoms with Crippen LogP contribution in [0.25, 0.3) is 0 Å². The Morgan fingerprint density at radius 3 is 2.89 bits per heavy atom. The fourth-order valence-electron chi connectivity index (χ4n) is 1.94. The van der Waals surface area contributed by atoms with Gasteiger partial charge in [0.2, 0.25) is 5.91 Å². The van der Waals surface area contributed by atoms with Crippen molar-refractivity contribution in [3.05, 3.63) is 23.8 Å². The fourth-order valence-corrected chi connectivity index (χ4v) is 1.94. The number of anilines is 2. The van der Waals surface area contributed by atoms with E-state index in [0.29, 0.717) is 30.8 Å². The number of aromatic carboxylic acids is 1. The highest BCUT2D eigenvalue weighted by molar-refractivity contribution is 5.95. The Kier molecular flexibility index (Phi) is 3.36. The Morgan fingerprint density at radius 1 is 1.50 bits per heavy atom. The number of nitrogens with two attached hydrogens (primary N) is 1. The van der Waals surface area contributed by atoms with Gasteiger partial charge in [0.25, 0.3) is 0 Å². The van der Waals surface area contributed by atoms with E-state index in [-0.39, 0.29) is 17.5 Å². The Morgan fingerprint density at radius 2 is 2.28 bits per heavy atom. The number of carboxylic acids is 1. The zero-order valence-electron chi connectivity index (χ0n) is 9.77. The van der Waals surface area contributed by atoms with Crippen LogP contribution in [0.4, 0.5) is 11.4 Å². The van der Waals surface area contributed by atoms with Gasteiger partial charge in [-0.15, -0.1) is 0 Å². The van der Waals surface area contributed by atoms with Crippen molar-refractivity contribution in [3.8, 4) is 0 Å². The zero-order chi connectivity index (χ0) is 13.1. The molecule has 1 heterocycles. The summed E-state index contributed by atoms with van der Waals surface area (Å²) in [7, 11) is 0. The van der Waals surface area contributed by atoms with Crippen molar-refractivity contribution in [3.63, 3.8) is 0 Å². The quantitative estimate of drug-likeness (QED) is 0.589. The topological polar surface area (TPSA) is 104 Å². The minimum absolute atomic E-state index is 0.0269. The first-order chi connectivity index (χ1) is 8.56. The standard InChI is InChI=1S/C12H15N3O3/c13-7-1-3-9(12(17)18)10(5-7)15-8-2-4-11(16)14-6-8/h1,3,5,8,15H,2,4,6,13H2,(H,14,16)(H,17,18). The van der Waals surface area contributed by atoms with Crippen molar-refractivity contribution < 1.29 is 14.7 Å². The van der Waals surface area contributed by atoms with Crippen molar-refractivity contribution >= 4 is 23.3 Å². The van der Waals surface area contributed by atoms with E-state index < -0.39 is 5.97 Å². The second kappa shape index (κ2) is 4.95. The maximum atomic E-state index is 11.1. The number of carbonyl (C=O) groups excluding carboxylic acids is 1. The van der Waals surface area contributed by atoms with Gasteiger partial charge in [0, 0.05) is 24.7 Å². The maximum absolute atomic E-state index is 11.1. The van der Waals surface area contributed by atoms with Crippen molar-refractivity contribution in [2.45, 2.75) is 18.9 Å². The van der Waals surface area contributed by atoms with Crippen molar-refractivity contribution in [1.82, 2.24) is 5.32 Å². The molecule has 1 aliphatic heterocycles. The van der Waals surface area contributed by atoms with E-state index in [1.54, 1.807) is 12.1 Å². The summed E-state index contributed by atoms with van der Waals surface area (Å²) in [4.78, 5) is 22.1. The lowest BCUT2D eigenvalue weighted by Gasteiger charge is -2.25. The van der Waals surface area contributed by atoms with E-state index in [4.69, 9.17) is 10.8 Å². The summed E-state index contributed by atoms with van der Waals surface area (Å²) in [6.45, 7) is 0.493. The van der Waals surface area contributed by atoms with Crippen LogP contribution in [0.1, 0.15) is 23.2 Å². The molecule has 96 valence electrons. The third-order valence-electron chi connectivity index (χ3n) is 2.90. The lowest BCUT2D eigenvalue weighted by molar-refractivity contribution is -0.122. The summed E-state index contributed by atoms with van der Waals surface area (Å²) in [6, 6.07) is 4.65. The second-order valence-corrected chi connectivity index (χ2v) is 4.29. The summed E-state index contributed by atoms with van der Waals surface area (Å²) < 4.78 is 0. The molecule has 1 unspecified atom stereocenters. The van der Waals surface area contributed by atoms with Gasteiger partial charge in [0.05, 0.1) is 11.3 Å². The normalized spacial score (nSPS) is 19.1. The lowest BCUT2D eigenvalue weighted by Crippen LogP contribution is -2.42. The fraction of sp³-hybridized carbons (Fsp3) is 0.333. The van der Waals surface area contributed by atoms with Crippen molar-refractivity contribution in [2.75, 3.05) is 17.6 Å². The van der Waals surface area contributed by atoms with Crippen LogP contribution >= 0.6 is 0 Å². The largest absolute Gasteiger partial charge is 0.478 e. The van der Waals surface area contributed by atoms with Gasteiger partial charge in [-0.1, -0.05) is 0 Å². The molecule has 0 spiro atoms. The van der Waals surface area contributed by atoms with Crippen LogP contribution < -0.4 is 16.4 Å². The number of rotatable bonds is 3. The highest BCUT2D eigenvalue weighted by atomic mass is 16.4. The molecule has 1 aliphatic rings. The monoisotopic (exact) mass is 249 g/mol. The molecule has 0 aliphatic carbocycles. The molecule has 0 bridgehead atoms. The average molecular weight is 249 g/mol. The van der Waals surface area contributed by atoms with E-state index in [9.17, 15) is 9.59 Å². The third-order valence-corrected chi connectivity index (χ3v) is 2.90. The van der Waals surface area contributed by atoms with Crippen LogP contribution in [0.2, 0.25) is 0 Å². The summed E-state index contributed by atoms with van der Waals surface area (Å²) in [5, 5.41) is 14.9. The van der Waals surface area contributed by atoms with E-state index in [1.807, 2.05) is 0 Å². The van der Waals surface area contributed by atoms with Gasteiger partial charge >= 0.3 is 5.97 Å². The van der Waals surface area contributed by atoms with E-state index >= 15 is 0 Å². The van der Waals surface area contributed by atoms with Crippen molar-refractivity contribution in [1.29, 1.82) is 0 Å². The van der Waals surface area contributed by atoms with Crippen LogP contribution in [0.15, 0.2) is 18.2 Å². The molecular formula is C12H15N3O3. The third kappa shape index (κ3) is 2.71. The van der Waals surface area contributed by atoms with Crippen LogP contribution in [0, 0.1) is 0 Å². The summed E-state index contributed by atoms with van der Waals surface area (Å²) in [5.41, 5.74) is 6.83. The SMILES string of the molecule is Nc1ccc(C(=O)O)c(NC2CCC(=O)NC2)c1. The number of hydrogen-bond acceptors (Lipinski definition) is 4. The van der Waals surface area contributed by atoms with Crippen LogP contribution in [-0.4, -0.2) is 29.6 Å². The number of piperidine rings is 1. The molecule has 6 heteroatoms. The molecule has 1 fully saturated rings. The number of nitrogen functional groups attached to an aromatic ring is 1. The molecule has 6 nitrogen and oxygen atoms in total. The van der Waals surface area contributed by atoms with Gasteiger partial charge in [-0.25, -0.2) is 4.79 Å². The predicted octanol–water partition coefficient (Wildman–Crippen LogP) is 0.657. The van der Waals surface area contributed by atoms with Crippen LogP contribution in [-0.2, 0) is 4.79 Å². The average Bonchev–Trinajstić information content (AvgIpc) is 2.32. The number of nitrogens with one attached hydrogen (secondary N) is 2. The first kappa shape index (κ1) is 12.2. The predicted molar refractivity (Wildman–Crippen MR) is 67.5 cm³/mol. The zero-order valence-corrected chi connectivity index (χ0v) is 9.77. The Balaban J connectivity index is 2.15. The first-order valence-electron chi connectivity index (χ1n) is 5.72. The summed E-state index contributed by atoms with van der Waals surface area (Å²) >= 11 is 0. The Bertz CT molecular complexity index is 477. The van der Waals surface area contributed by atoms with Gasteiger partial charge in [0.1, 0.15) is 0 Å². The number of hydrogen-bond donors (Lipinski definition) is 4. The van der Waals surface area contributed by atoms with Gasteiger partial charge in [-0.2, -0.15) is 0 Å². The number of carboxylic acid groups (broad SMARTS) is 1. The van der Waals surface area contributed by atoms with Gasteiger partial charge in [0.15, 0.2) is 0 Å². The molecule has 1 aromatic carbocycles. The molecular weight excluding hydrogens is 234 g/mol. The first-order valence-corrected chi connectivity index (χ1v) is 5.72. The van der Waals surface area contributed by atoms with Gasteiger partial charge < -0.3 is 21.5 Å². The van der Waals surface area contributed by atoms with Gasteiger partial charge in [-0.3, -0.25) is 4.79 Å². The minimum Gasteiger partial charge on any atom is -0.478 e. The lowest BCUT2D eigenvalue weighted by atomic mass is 10.1. The summed E-state index contributed by atoms with van der Waals surface area (Å²) in [5.74, 6) is -0.976. The molecule has 0 aromatic heterocycles. The second-order valence-electron chi connectivity index (χ2n) is 4.29. The van der Waals surface area contributed by atoms with Gasteiger partial charge in [-0.05, 0) is 24.6 Å². The van der Waals surface area contributed by atoms with E-state index in [1.165, 1.54) is 6.07 Å². The molecule has 0 radical (unpaired) electrons. The molecule has 1 atom stereocenters. The van der Waals surface area contributed by atoms with Crippen molar-refractivity contribution in [2.24, 2.45) is 0 Å². The molecule has 0 saturated carbocycles.